The van der Waals surface area contributed by atoms with Gasteiger partial charge in [0.25, 0.3) is 0 Å². The van der Waals surface area contributed by atoms with Crippen LogP contribution < -0.4 is 5.32 Å². The molecule has 2 unspecified atom stereocenters. The number of piperidine rings is 1. The molecular weight excluding hydrogens is 265 g/mol. The highest BCUT2D eigenvalue weighted by atomic mass is 35.5. The zero-order valence-electron chi connectivity index (χ0n) is 11.2. The molecule has 1 heterocycles. The average molecular weight is 288 g/mol. The first-order valence-corrected chi connectivity index (χ1v) is 7.05. The first kappa shape index (κ1) is 15.8. The second-order valence-corrected chi connectivity index (χ2v) is 5.81. The molecule has 1 nitrogen and oxygen atoms in total. The molecule has 1 aliphatic heterocycles. The third kappa shape index (κ3) is 3.88. The number of hydrogen-bond acceptors (Lipinski definition) is 1. The Balaban J connectivity index is 0.00000162. The summed E-state index contributed by atoms with van der Waals surface area (Å²) in [7, 11) is 0. The van der Waals surface area contributed by atoms with Gasteiger partial charge in [0.1, 0.15) is 0 Å². The highest BCUT2D eigenvalue weighted by Crippen LogP contribution is 2.32. The molecule has 1 aromatic carbocycles. The summed E-state index contributed by atoms with van der Waals surface area (Å²) in [6.07, 6.45) is 3.97. The van der Waals surface area contributed by atoms with E-state index in [1.165, 1.54) is 31.4 Å². The van der Waals surface area contributed by atoms with Crippen LogP contribution in [0.2, 0.25) is 5.02 Å². The van der Waals surface area contributed by atoms with Crippen LogP contribution in [0.25, 0.3) is 0 Å². The fourth-order valence-electron chi connectivity index (χ4n) is 2.95. The second kappa shape index (κ2) is 7.37. The fourth-order valence-corrected chi connectivity index (χ4v) is 3.08. The predicted molar refractivity (Wildman–Crippen MR) is 81.9 cm³/mol. The van der Waals surface area contributed by atoms with Crippen molar-refractivity contribution in [3.8, 4) is 0 Å². The van der Waals surface area contributed by atoms with Gasteiger partial charge in [0.2, 0.25) is 0 Å². The molecule has 1 N–H and O–H groups in total. The Hall–Kier alpha value is -0.240. The molecule has 0 amide bonds. The lowest BCUT2D eigenvalue weighted by molar-refractivity contribution is 0.303. The van der Waals surface area contributed by atoms with Crippen LogP contribution in [0.3, 0.4) is 0 Å². The number of benzene rings is 1. The molecule has 1 aliphatic rings. The number of rotatable bonds is 3. The molecule has 1 fully saturated rings. The first-order valence-electron chi connectivity index (χ1n) is 6.67. The zero-order valence-corrected chi connectivity index (χ0v) is 12.7. The van der Waals surface area contributed by atoms with Crippen molar-refractivity contribution in [2.45, 2.75) is 45.1 Å². The van der Waals surface area contributed by atoms with Crippen LogP contribution in [0.4, 0.5) is 0 Å². The van der Waals surface area contributed by atoms with Crippen molar-refractivity contribution in [2.24, 2.45) is 5.92 Å². The van der Waals surface area contributed by atoms with Crippen molar-refractivity contribution in [1.29, 1.82) is 0 Å². The van der Waals surface area contributed by atoms with Gasteiger partial charge < -0.3 is 5.32 Å². The molecule has 2 rings (SSSR count). The van der Waals surface area contributed by atoms with E-state index in [-0.39, 0.29) is 12.4 Å². The molecule has 0 bridgehead atoms. The van der Waals surface area contributed by atoms with E-state index in [4.69, 9.17) is 11.6 Å². The SMILES string of the molecule is CC(C)C(c1ccc(Cl)cc1)C1CCCCN1.Cl. The Kier molecular flexibility index (Phi) is 6.48. The molecule has 1 saturated heterocycles. The van der Waals surface area contributed by atoms with E-state index in [9.17, 15) is 0 Å². The Morgan fingerprint density at radius 1 is 1.17 bits per heavy atom. The van der Waals surface area contributed by atoms with Crippen LogP contribution in [-0.2, 0) is 0 Å². The van der Waals surface area contributed by atoms with E-state index in [1.54, 1.807) is 0 Å². The maximum Gasteiger partial charge on any atom is 0.0406 e. The van der Waals surface area contributed by atoms with Crippen LogP contribution in [-0.4, -0.2) is 12.6 Å². The van der Waals surface area contributed by atoms with E-state index >= 15 is 0 Å². The summed E-state index contributed by atoms with van der Waals surface area (Å²) >= 11 is 5.97. The number of nitrogens with one attached hydrogen (secondary N) is 1. The van der Waals surface area contributed by atoms with Crippen molar-refractivity contribution in [3.63, 3.8) is 0 Å². The number of hydrogen-bond donors (Lipinski definition) is 1. The minimum absolute atomic E-state index is 0. The third-order valence-electron chi connectivity index (χ3n) is 3.76. The highest BCUT2D eigenvalue weighted by molar-refractivity contribution is 6.30. The van der Waals surface area contributed by atoms with E-state index < -0.39 is 0 Å². The molecule has 0 spiro atoms. The molecule has 3 heteroatoms. The van der Waals surface area contributed by atoms with E-state index in [1.807, 2.05) is 12.1 Å². The Labute approximate surface area is 122 Å². The molecule has 102 valence electrons. The normalized spacial score (nSPS) is 21.4. The van der Waals surface area contributed by atoms with Gasteiger partial charge in [0, 0.05) is 17.0 Å². The van der Waals surface area contributed by atoms with Crippen LogP contribution in [0.1, 0.15) is 44.6 Å². The minimum Gasteiger partial charge on any atom is -0.313 e. The molecule has 2 atom stereocenters. The molecule has 0 aliphatic carbocycles. The quantitative estimate of drug-likeness (QED) is 0.854. The molecule has 18 heavy (non-hydrogen) atoms. The van der Waals surface area contributed by atoms with Gasteiger partial charge in [-0.15, -0.1) is 12.4 Å². The fraction of sp³-hybridized carbons (Fsp3) is 0.600. The van der Waals surface area contributed by atoms with Crippen molar-refractivity contribution in [3.05, 3.63) is 34.9 Å². The number of halogens is 2. The van der Waals surface area contributed by atoms with Gasteiger partial charge in [-0.2, -0.15) is 0 Å². The van der Waals surface area contributed by atoms with Crippen LogP contribution in [0.15, 0.2) is 24.3 Å². The van der Waals surface area contributed by atoms with Gasteiger partial charge in [-0.3, -0.25) is 0 Å². The second-order valence-electron chi connectivity index (χ2n) is 5.38. The lowest BCUT2D eigenvalue weighted by Gasteiger charge is -2.34. The average Bonchev–Trinajstić information content (AvgIpc) is 2.33. The lowest BCUT2D eigenvalue weighted by atomic mass is 9.79. The molecule has 0 radical (unpaired) electrons. The van der Waals surface area contributed by atoms with E-state index in [2.05, 4.69) is 31.3 Å². The summed E-state index contributed by atoms with van der Waals surface area (Å²) in [5, 5.41) is 4.51. The lowest BCUT2D eigenvalue weighted by Crippen LogP contribution is -2.40. The van der Waals surface area contributed by atoms with E-state index in [0.29, 0.717) is 17.9 Å². The minimum atomic E-state index is 0. The van der Waals surface area contributed by atoms with Crippen molar-refractivity contribution < 1.29 is 0 Å². The van der Waals surface area contributed by atoms with Gasteiger partial charge in [0.15, 0.2) is 0 Å². The summed E-state index contributed by atoms with van der Waals surface area (Å²) < 4.78 is 0. The Bertz CT molecular complexity index is 342. The summed E-state index contributed by atoms with van der Waals surface area (Å²) in [4.78, 5) is 0. The van der Waals surface area contributed by atoms with Gasteiger partial charge >= 0.3 is 0 Å². The summed E-state index contributed by atoms with van der Waals surface area (Å²) in [5.41, 5.74) is 1.42. The maximum absolute atomic E-state index is 5.97. The van der Waals surface area contributed by atoms with Crippen LogP contribution in [0.5, 0.6) is 0 Å². The molecule has 1 aromatic rings. The standard InChI is InChI=1S/C15H22ClN.ClH/c1-11(2)15(14-5-3-4-10-17-14)12-6-8-13(16)9-7-12;/h6-9,11,14-15,17H,3-5,10H2,1-2H3;1H. The molecule has 0 aromatic heterocycles. The van der Waals surface area contributed by atoms with Crippen LogP contribution >= 0.6 is 24.0 Å². The zero-order chi connectivity index (χ0) is 12.3. The summed E-state index contributed by atoms with van der Waals surface area (Å²) in [6.45, 7) is 5.80. The predicted octanol–water partition coefficient (Wildman–Crippen LogP) is 4.64. The van der Waals surface area contributed by atoms with Crippen molar-refractivity contribution in [1.82, 2.24) is 5.32 Å². The molecular formula is C15H23Cl2N. The Morgan fingerprint density at radius 3 is 2.33 bits per heavy atom. The molecule has 0 saturated carbocycles. The summed E-state index contributed by atoms with van der Waals surface area (Å²) in [6, 6.07) is 9.02. The van der Waals surface area contributed by atoms with Gasteiger partial charge in [-0.1, -0.05) is 44.0 Å². The monoisotopic (exact) mass is 287 g/mol. The largest absolute Gasteiger partial charge is 0.313 e. The van der Waals surface area contributed by atoms with E-state index in [0.717, 1.165) is 5.02 Å². The first-order chi connectivity index (χ1) is 8.18. The van der Waals surface area contributed by atoms with Crippen LogP contribution in [0, 0.1) is 5.92 Å². The summed E-state index contributed by atoms with van der Waals surface area (Å²) in [5.74, 6) is 1.26. The van der Waals surface area contributed by atoms with Gasteiger partial charge in [-0.05, 0) is 43.0 Å². The van der Waals surface area contributed by atoms with Gasteiger partial charge in [-0.25, -0.2) is 0 Å². The Morgan fingerprint density at radius 2 is 1.83 bits per heavy atom. The van der Waals surface area contributed by atoms with Crippen molar-refractivity contribution in [2.75, 3.05) is 6.54 Å². The topological polar surface area (TPSA) is 12.0 Å². The third-order valence-corrected chi connectivity index (χ3v) is 4.01. The van der Waals surface area contributed by atoms with Crippen molar-refractivity contribution >= 4 is 24.0 Å². The van der Waals surface area contributed by atoms with Gasteiger partial charge in [0.05, 0.1) is 0 Å². The maximum atomic E-state index is 5.97. The smallest absolute Gasteiger partial charge is 0.0406 e. The highest BCUT2D eigenvalue weighted by Gasteiger charge is 2.27.